The summed E-state index contributed by atoms with van der Waals surface area (Å²) in [5.41, 5.74) is 2.38. The van der Waals surface area contributed by atoms with Gasteiger partial charge in [0, 0.05) is 17.4 Å². The quantitative estimate of drug-likeness (QED) is 0.684. The lowest BCUT2D eigenvalue weighted by Gasteiger charge is -2.07. The molecule has 0 spiro atoms. The molecule has 0 bridgehead atoms. The molecule has 0 aliphatic heterocycles. The Bertz CT molecular complexity index is 796. The third kappa shape index (κ3) is 2.53. The van der Waals surface area contributed by atoms with Gasteiger partial charge in [-0.3, -0.25) is 0 Å². The van der Waals surface area contributed by atoms with Crippen molar-refractivity contribution in [1.29, 1.82) is 0 Å². The highest BCUT2D eigenvalue weighted by molar-refractivity contribution is 9.10. The molecule has 2 aromatic heterocycles. The molecule has 0 saturated carbocycles. The van der Waals surface area contributed by atoms with Gasteiger partial charge in [0.1, 0.15) is 17.2 Å². The Kier molecular flexibility index (Phi) is 3.68. The lowest BCUT2D eigenvalue weighted by atomic mass is 10.1. The van der Waals surface area contributed by atoms with Crippen LogP contribution in [0.4, 0.5) is 0 Å². The Balaban J connectivity index is 2.13. The van der Waals surface area contributed by atoms with Crippen molar-refractivity contribution in [3.8, 4) is 17.1 Å². The van der Waals surface area contributed by atoms with Crippen molar-refractivity contribution >= 4 is 26.8 Å². The van der Waals surface area contributed by atoms with E-state index in [1.54, 1.807) is 7.11 Å². The molecular formula is C16H15BrN2O2. The monoisotopic (exact) mass is 346 g/mol. The zero-order chi connectivity index (χ0) is 15.0. The minimum atomic E-state index is 0.304. The van der Waals surface area contributed by atoms with Crippen LogP contribution in [0.15, 0.2) is 39.3 Å². The minimum absolute atomic E-state index is 0.304. The van der Waals surface area contributed by atoms with Crippen LogP contribution in [0.5, 0.6) is 5.75 Å². The number of aromatic nitrogens is 2. The van der Waals surface area contributed by atoms with E-state index in [-0.39, 0.29) is 0 Å². The molecule has 0 N–H and O–H groups in total. The van der Waals surface area contributed by atoms with Crippen molar-refractivity contribution in [3.63, 3.8) is 0 Å². The van der Waals surface area contributed by atoms with Crippen molar-refractivity contribution in [2.75, 3.05) is 7.11 Å². The van der Waals surface area contributed by atoms with Crippen molar-refractivity contribution in [1.82, 2.24) is 10.1 Å². The van der Waals surface area contributed by atoms with E-state index in [9.17, 15) is 0 Å². The van der Waals surface area contributed by atoms with Gasteiger partial charge in [-0.05, 0) is 34.1 Å². The molecule has 0 atom stereocenters. The second-order valence-corrected chi connectivity index (χ2v) is 5.91. The van der Waals surface area contributed by atoms with Gasteiger partial charge < -0.3 is 9.26 Å². The molecule has 0 fully saturated rings. The number of pyridine rings is 1. The van der Waals surface area contributed by atoms with E-state index in [0.29, 0.717) is 5.92 Å². The molecule has 3 rings (SSSR count). The SMILES string of the molecule is COc1ccc2ccc(-c3cc(C(C)C)on3)nc2c1Br. The molecule has 0 aliphatic carbocycles. The molecule has 0 radical (unpaired) electrons. The first-order valence-electron chi connectivity index (χ1n) is 6.70. The molecule has 2 heterocycles. The third-order valence-corrected chi connectivity index (χ3v) is 4.11. The lowest BCUT2D eigenvalue weighted by Crippen LogP contribution is -1.90. The number of rotatable bonds is 3. The van der Waals surface area contributed by atoms with Gasteiger partial charge >= 0.3 is 0 Å². The molecule has 0 aliphatic rings. The molecule has 5 heteroatoms. The van der Waals surface area contributed by atoms with Crippen LogP contribution in [0.3, 0.4) is 0 Å². The number of hydrogen-bond donors (Lipinski definition) is 0. The predicted octanol–water partition coefficient (Wildman–Crippen LogP) is 4.78. The summed E-state index contributed by atoms with van der Waals surface area (Å²) in [6.07, 6.45) is 0. The van der Waals surface area contributed by atoms with Crippen LogP contribution in [-0.2, 0) is 0 Å². The maximum Gasteiger partial charge on any atom is 0.139 e. The van der Waals surface area contributed by atoms with E-state index in [4.69, 9.17) is 9.26 Å². The molecule has 4 nitrogen and oxygen atoms in total. The molecule has 0 unspecified atom stereocenters. The number of ether oxygens (including phenoxy) is 1. The second-order valence-electron chi connectivity index (χ2n) is 5.12. The Labute approximate surface area is 131 Å². The smallest absolute Gasteiger partial charge is 0.139 e. The molecule has 0 saturated heterocycles. The highest BCUT2D eigenvalue weighted by Crippen LogP contribution is 2.33. The van der Waals surface area contributed by atoms with Crippen LogP contribution in [0.25, 0.3) is 22.3 Å². The average Bonchev–Trinajstić information content (AvgIpc) is 2.97. The summed E-state index contributed by atoms with van der Waals surface area (Å²) in [4.78, 5) is 4.68. The van der Waals surface area contributed by atoms with Gasteiger partial charge in [-0.1, -0.05) is 25.1 Å². The highest BCUT2D eigenvalue weighted by Gasteiger charge is 2.13. The number of methoxy groups -OCH3 is 1. The number of nitrogens with zero attached hydrogens (tertiary/aromatic N) is 2. The predicted molar refractivity (Wildman–Crippen MR) is 85.6 cm³/mol. The Morgan fingerprint density at radius 3 is 2.57 bits per heavy atom. The summed E-state index contributed by atoms with van der Waals surface area (Å²) >= 11 is 3.55. The summed E-state index contributed by atoms with van der Waals surface area (Å²) in [7, 11) is 1.64. The highest BCUT2D eigenvalue weighted by atomic mass is 79.9. The first-order valence-corrected chi connectivity index (χ1v) is 7.49. The van der Waals surface area contributed by atoms with Crippen molar-refractivity contribution in [2.45, 2.75) is 19.8 Å². The summed E-state index contributed by atoms with van der Waals surface area (Å²) in [5.74, 6) is 1.92. The van der Waals surface area contributed by atoms with Crippen LogP contribution < -0.4 is 4.74 Å². The minimum Gasteiger partial charge on any atom is -0.495 e. The number of benzene rings is 1. The summed E-state index contributed by atoms with van der Waals surface area (Å²) < 4.78 is 11.5. The van der Waals surface area contributed by atoms with Gasteiger partial charge in [-0.25, -0.2) is 4.98 Å². The Morgan fingerprint density at radius 2 is 1.90 bits per heavy atom. The van der Waals surface area contributed by atoms with E-state index in [0.717, 1.165) is 38.3 Å². The van der Waals surface area contributed by atoms with E-state index < -0.39 is 0 Å². The Hall–Kier alpha value is -1.88. The van der Waals surface area contributed by atoms with Crippen LogP contribution in [-0.4, -0.2) is 17.3 Å². The standard InChI is InChI=1S/C16H15BrN2O2/c1-9(2)14-8-12(19-21-14)11-6-4-10-5-7-13(20-3)15(17)16(10)18-11/h4-9H,1-3H3. The fourth-order valence-corrected chi connectivity index (χ4v) is 2.73. The summed E-state index contributed by atoms with van der Waals surface area (Å²) in [6.45, 7) is 4.14. The van der Waals surface area contributed by atoms with Gasteiger partial charge in [-0.15, -0.1) is 0 Å². The number of fused-ring (bicyclic) bond motifs is 1. The van der Waals surface area contributed by atoms with E-state index in [2.05, 4.69) is 39.9 Å². The number of halogens is 1. The largest absolute Gasteiger partial charge is 0.495 e. The van der Waals surface area contributed by atoms with Gasteiger partial charge in [0.05, 0.1) is 22.8 Å². The van der Waals surface area contributed by atoms with Crippen LogP contribution in [0.2, 0.25) is 0 Å². The molecular weight excluding hydrogens is 332 g/mol. The molecule has 21 heavy (non-hydrogen) atoms. The molecule has 3 aromatic rings. The molecule has 1 aromatic carbocycles. The van der Waals surface area contributed by atoms with Crippen LogP contribution >= 0.6 is 15.9 Å². The van der Waals surface area contributed by atoms with E-state index in [1.807, 2.05) is 30.3 Å². The van der Waals surface area contributed by atoms with E-state index >= 15 is 0 Å². The number of hydrogen-bond acceptors (Lipinski definition) is 4. The molecule has 0 amide bonds. The average molecular weight is 347 g/mol. The van der Waals surface area contributed by atoms with Gasteiger partial charge in [0.25, 0.3) is 0 Å². The van der Waals surface area contributed by atoms with Crippen molar-refractivity contribution < 1.29 is 9.26 Å². The molecule has 108 valence electrons. The van der Waals surface area contributed by atoms with E-state index in [1.165, 1.54) is 0 Å². The van der Waals surface area contributed by atoms with Crippen LogP contribution in [0, 0.1) is 0 Å². The third-order valence-electron chi connectivity index (χ3n) is 3.34. The maximum absolute atomic E-state index is 5.34. The first kappa shape index (κ1) is 14.1. The van der Waals surface area contributed by atoms with Gasteiger partial charge in [0.15, 0.2) is 0 Å². The van der Waals surface area contributed by atoms with Crippen LogP contribution in [0.1, 0.15) is 25.5 Å². The summed E-state index contributed by atoms with van der Waals surface area (Å²) in [5, 5.41) is 5.14. The lowest BCUT2D eigenvalue weighted by molar-refractivity contribution is 0.373. The first-order chi connectivity index (χ1) is 10.1. The van der Waals surface area contributed by atoms with Crippen molar-refractivity contribution in [2.24, 2.45) is 0 Å². The van der Waals surface area contributed by atoms with Crippen molar-refractivity contribution in [3.05, 3.63) is 40.6 Å². The summed E-state index contributed by atoms with van der Waals surface area (Å²) in [6, 6.07) is 9.81. The zero-order valence-corrected chi connectivity index (χ0v) is 13.6. The van der Waals surface area contributed by atoms with Gasteiger partial charge in [-0.2, -0.15) is 0 Å². The topological polar surface area (TPSA) is 48.2 Å². The van der Waals surface area contributed by atoms with Gasteiger partial charge in [0.2, 0.25) is 0 Å². The zero-order valence-electron chi connectivity index (χ0n) is 12.1. The fourth-order valence-electron chi connectivity index (χ4n) is 2.12. The maximum atomic E-state index is 5.34. The Morgan fingerprint density at radius 1 is 1.14 bits per heavy atom. The normalized spacial score (nSPS) is 11.3. The second kappa shape index (κ2) is 5.48. The fraction of sp³-hybridized carbons (Fsp3) is 0.250.